The Morgan fingerprint density at radius 3 is 3.08 bits per heavy atom. The quantitative estimate of drug-likeness (QED) is 0.647. The maximum atomic E-state index is 9.49. The molecule has 0 spiro atoms. The van der Waals surface area contributed by atoms with Gasteiger partial charge in [0.2, 0.25) is 0 Å². The van der Waals surface area contributed by atoms with Crippen LogP contribution in [0.4, 0.5) is 0 Å². The molecule has 0 radical (unpaired) electrons. The molecule has 0 saturated carbocycles. The molecule has 0 fully saturated rings. The van der Waals surface area contributed by atoms with Gasteiger partial charge in [-0.15, -0.1) is 6.42 Å². The summed E-state index contributed by atoms with van der Waals surface area (Å²) in [5, 5.41) is 9.49. The number of hydrogen-bond acceptors (Lipinski definition) is 2. The number of para-hydroxylation sites is 1. The number of benzene rings is 1. The van der Waals surface area contributed by atoms with Crippen molar-refractivity contribution in [3.05, 3.63) is 29.8 Å². The molecule has 1 aromatic carbocycles. The summed E-state index contributed by atoms with van der Waals surface area (Å²) in [6, 6.07) is 7.65. The molecule has 66 valence electrons. The Hall–Kier alpha value is -1.46. The van der Waals surface area contributed by atoms with E-state index < -0.39 is 6.10 Å². The SMILES string of the molecule is C#C[C@H](O)C1COc2ccccc21. The fourth-order valence-corrected chi connectivity index (χ4v) is 1.57. The summed E-state index contributed by atoms with van der Waals surface area (Å²) < 4.78 is 5.38. The van der Waals surface area contributed by atoms with Gasteiger partial charge in [-0.3, -0.25) is 0 Å². The summed E-state index contributed by atoms with van der Waals surface area (Å²) in [6.45, 7) is 0.477. The van der Waals surface area contributed by atoms with Crippen molar-refractivity contribution >= 4 is 0 Å². The number of aliphatic hydroxyl groups excluding tert-OH is 1. The summed E-state index contributed by atoms with van der Waals surface area (Å²) in [5.41, 5.74) is 1.01. The van der Waals surface area contributed by atoms with Gasteiger partial charge in [0.25, 0.3) is 0 Å². The Balaban J connectivity index is 2.34. The molecular formula is C11H10O2. The van der Waals surface area contributed by atoms with Crippen LogP contribution in [0.3, 0.4) is 0 Å². The van der Waals surface area contributed by atoms with Gasteiger partial charge in [-0.2, -0.15) is 0 Å². The third-order valence-corrected chi connectivity index (χ3v) is 2.29. The molecular weight excluding hydrogens is 164 g/mol. The molecule has 1 aliphatic heterocycles. The lowest BCUT2D eigenvalue weighted by atomic mass is 9.96. The van der Waals surface area contributed by atoms with Gasteiger partial charge in [0.15, 0.2) is 0 Å². The first-order valence-electron chi connectivity index (χ1n) is 4.19. The Labute approximate surface area is 77.2 Å². The zero-order valence-corrected chi connectivity index (χ0v) is 7.10. The number of aliphatic hydroxyl groups is 1. The Bertz CT molecular complexity index is 351. The maximum absolute atomic E-state index is 9.49. The first-order chi connectivity index (χ1) is 6.33. The van der Waals surface area contributed by atoms with Gasteiger partial charge in [-0.25, -0.2) is 0 Å². The second-order valence-electron chi connectivity index (χ2n) is 3.07. The molecule has 1 aromatic rings. The van der Waals surface area contributed by atoms with E-state index in [0.717, 1.165) is 11.3 Å². The lowest BCUT2D eigenvalue weighted by molar-refractivity contribution is 0.178. The molecule has 1 heterocycles. The largest absolute Gasteiger partial charge is 0.493 e. The summed E-state index contributed by atoms with van der Waals surface area (Å²) in [4.78, 5) is 0. The lowest BCUT2D eigenvalue weighted by Gasteiger charge is -2.10. The third-order valence-electron chi connectivity index (χ3n) is 2.29. The normalized spacial score (nSPS) is 21.4. The topological polar surface area (TPSA) is 29.5 Å². The average molecular weight is 174 g/mol. The van der Waals surface area contributed by atoms with Crippen LogP contribution in [-0.4, -0.2) is 17.8 Å². The van der Waals surface area contributed by atoms with E-state index >= 15 is 0 Å². The Morgan fingerprint density at radius 2 is 2.31 bits per heavy atom. The predicted molar refractivity (Wildman–Crippen MR) is 49.5 cm³/mol. The second kappa shape index (κ2) is 3.12. The predicted octanol–water partition coefficient (Wildman–Crippen LogP) is 1.16. The summed E-state index contributed by atoms with van der Waals surface area (Å²) in [5.74, 6) is 3.09. The summed E-state index contributed by atoms with van der Waals surface area (Å²) in [6.07, 6.45) is 4.41. The highest BCUT2D eigenvalue weighted by Gasteiger charge is 2.28. The standard InChI is InChI=1S/C11H10O2/c1-2-10(12)9-7-13-11-6-4-3-5-8(9)11/h1,3-6,9-10,12H,7H2/t9?,10-/m0/s1. The number of terminal acetylenes is 1. The van der Waals surface area contributed by atoms with Crippen LogP contribution in [0, 0.1) is 12.3 Å². The first-order valence-corrected chi connectivity index (χ1v) is 4.19. The molecule has 13 heavy (non-hydrogen) atoms. The van der Waals surface area contributed by atoms with Crippen LogP contribution < -0.4 is 4.74 Å². The summed E-state index contributed by atoms with van der Waals surface area (Å²) >= 11 is 0. The van der Waals surface area contributed by atoms with Gasteiger partial charge >= 0.3 is 0 Å². The minimum absolute atomic E-state index is 0.0683. The molecule has 1 N–H and O–H groups in total. The first kappa shape index (κ1) is 8.15. The highest BCUT2D eigenvalue weighted by molar-refractivity contribution is 5.41. The molecule has 1 aliphatic rings. The van der Waals surface area contributed by atoms with Gasteiger partial charge in [-0.1, -0.05) is 24.1 Å². The lowest BCUT2D eigenvalue weighted by Crippen LogP contribution is -2.17. The Kier molecular flexibility index (Phi) is 1.96. The van der Waals surface area contributed by atoms with Crippen molar-refractivity contribution in [1.29, 1.82) is 0 Å². The van der Waals surface area contributed by atoms with Crippen molar-refractivity contribution < 1.29 is 9.84 Å². The third kappa shape index (κ3) is 1.28. The van der Waals surface area contributed by atoms with Crippen LogP contribution in [-0.2, 0) is 0 Å². The van der Waals surface area contributed by atoms with E-state index in [-0.39, 0.29) is 5.92 Å². The molecule has 2 rings (SSSR count). The van der Waals surface area contributed by atoms with E-state index in [0.29, 0.717) is 6.61 Å². The summed E-state index contributed by atoms with van der Waals surface area (Å²) in [7, 11) is 0. The smallest absolute Gasteiger partial charge is 0.124 e. The van der Waals surface area contributed by atoms with Crippen LogP contribution in [0.25, 0.3) is 0 Å². The van der Waals surface area contributed by atoms with Gasteiger partial charge < -0.3 is 9.84 Å². The second-order valence-corrected chi connectivity index (χ2v) is 3.07. The number of hydrogen-bond donors (Lipinski definition) is 1. The molecule has 0 aromatic heterocycles. The number of fused-ring (bicyclic) bond motifs is 1. The molecule has 0 aliphatic carbocycles. The number of rotatable bonds is 1. The zero-order chi connectivity index (χ0) is 9.26. The molecule has 2 heteroatoms. The fourth-order valence-electron chi connectivity index (χ4n) is 1.57. The van der Waals surface area contributed by atoms with Crippen molar-refractivity contribution in [3.63, 3.8) is 0 Å². The number of ether oxygens (including phenoxy) is 1. The van der Waals surface area contributed by atoms with Crippen molar-refractivity contribution in [2.75, 3.05) is 6.61 Å². The van der Waals surface area contributed by atoms with Crippen LogP contribution in [0.2, 0.25) is 0 Å². The average Bonchev–Trinajstić information content (AvgIpc) is 2.60. The van der Waals surface area contributed by atoms with E-state index in [2.05, 4.69) is 5.92 Å². The fraction of sp³-hybridized carbons (Fsp3) is 0.273. The van der Waals surface area contributed by atoms with Gasteiger partial charge in [0.05, 0.1) is 12.5 Å². The van der Waals surface area contributed by atoms with Crippen LogP contribution in [0.15, 0.2) is 24.3 Å². The zero-order valence-electron chi connectivity index (χ0n) is 7.10. The van der Waals surface area contributed by atoms with Crippen molar-refractivity contribution in [1.82, 2.24) is 0 Å². The highest BCUT2D eigenvalue weighted by Crippen LogP contribution is 2.35. The van der Waals surface area contributed by atoms with E-state index in [1.54, 1.807) is 0 Å². The highest BCUT2D eigenvalue weighted by atomic mass is 16.5. The van der Waals surface area contributed by atoms with Crippen molar-refractivity contribution in [2.24, 2.45) is 0 Å². The van der Waals surface area contributed by atoms with Crippen LogP contribution in [0.5, 0.6) is 5.75 Å². The monoisotopic (exact) mass is 174 g/mol. The minimum Gasteiger partial charge on any atom is -0.493 e. The minimum atomic E-state index is -0.747. The molecule has 0 bridgehead atoms. The van der Waals surface area contributed by atoms with Gasteiger partial charge in [0, 0.05) is 5.56 Å². The van der Waals surface area contributed by atoms with Crippen molar-refractivity contribution in [2.45, 2.75) is 12.0 Å². The Morgan fingerprint density at radius 1 is 1.54 bits per heavy atom. The maximum Gasteiger partial charge on any atom is 0.124 e. The van der Waals surface area contributed by atoms with Crippen LogP contribution in [0.1, 0.15) is 11.5 Å². The molecule has 0 amide bonds. The van der Waals surface area contributed by atoms with Gasteiger partial charge in [-0.05, 0) is 6.07 Å². The molecule has 0 saturated heterocycles. The van der Waals surface area contributed by atoms with Crippen LogP contribution >= 0.6 is 0 Å². The van der Waals surface area contributed by atoms with Crippen molar-refractivity contribution in [3.8, 4) is 18.1 Å². The van der Waals surface area contributed by atoms with E-state index in [9.17, 15) is 5.11 Å². The molecule has 2 nitrogen and oxygen atoms in total. The van der Waals surface area contributed by atoms with E-state index in [1.807, 2.05) is 24.3 Å². The van der Waals surface area contributed by atoms with E-state index in [1.165, 1.54) is 0 Å². The van der Waals surface area contributed by atoms with Gasteiger partial charge in [0.1, 0.15) is 11.9 Å². The molecule has 2 atom stereocenters. The van der Waals surface area contributed by atoms with E-state index in [4.69, 9.17) is 11.2 Å². The molecule has 1 unspecified atom stereocenters.